The van der Waals surface area contributed by atoms with Crippen LogP contribution in [0.25, 0.3) is 16.9 Å². The first kappa shape index (κ1) is 20.6. The van der Waals surface area contributed by atoms with Gasteiger partial charge in [0.2, 0.25) is 0 Å². The van der Waals surface area contributed by atoms with Crippen molar-refractivity contribution < 1.29 is 14.3 Å². The number of aliphatic hydroxyl groups is 1. The third kappa shape index (κ3) is 4.39. The number of aromatic nitrogens is 3. The Hall–Kier alpha value is -2.71. The molecule has 4 rings (SSSR count). The monoisotopic (exact) mass is 431 g/mol. The zero-order valence-corrected chi connectivity index (χ0v) is 17.4. The van der Waals surface area contributed by atoms with Crippen LogP contribution in [0.2, 0.25) is 5.02 Å². The molecule has 158 valence electrons. The molecule has 1 amide bonds. The van der Waals surface area contributed by atoms with Gasteiger partial charge in [-0.15, -0.1) is 0 Å². The highest BCUT2D eigenvalue weighted by Crippen LogP contribution is 2.29. The Morgan fingerprint density at radius 3 is 2.83 bits per heavy atom. The third-order valence-corrected chi connectivity index (χ3v) is 5.23. The molecule has 9 heteroatoms. The Balaban J connectivity index is 1.62. The second-order valence-electron chi connectivity index (χ2n) is 8.09. The van der Waals surface area contributed by atoms with Crippen LogP contribution in [0.4, 0.5) is 10.1 Å². The van der Waals surface area contributed by atoms with Crippen LogP contribution in [0.5, 0.6) is 0 Å². The maximum atomic E-state index is 14.0. The SMILES string of the molecule is CC(C)(O)C(F)CNC(=O)c1cnc(-n2ccc3cc(Cl)cnc32)cc1NC1CC1. The number of carbonyl (C=O) groups excluding carboxylic acids is 1. The number of fused-ring (bicyclic) bond motifs is 1. The highest BCUT2D eigenvalue weighted by Gasteiger charge is 2.28. The van der Waals surface area contributed by atoms with Crippen molar-refractivity contribution in [3.8, 4) is 5.82 Å². The van der Waals surface area contributed by atoms with Crippen LogP contribution in [-0.4, -0.2) is 49.9 Å². The summed E-state index contributed by atoms with van der Waals surface area (Å²) < 4.78 is 15.8. The van der Waals surface area contributed by atoms with E-state index in [1.165, 1.54) is 20.0 Å². The summed E-state index contributed by atoms with van der Waals surface area (Å²) in [7, 11) is 0. The predicted octanol–water partition coefficient (Wildman–Crippen LogP) is 3.49. The minimum atomic E-state index is -1.59. The van der Waals surface area contributed by atoms with Gasteiger partial charge in [-0.05, 0) is 38.8 Å². The standard InChI is InChI=1S/C21H23ClFN5O2/c1-21(2,30)17(23)11-26-20(29)15-10-24-18(8-16(15)27-14-3-4-14)28-6-5-12-7-13(22)9-25-19(12)28/h5-10,14,17,30H,3-4,11H2,1-2H3,(H,24,27)(H,26,29). The van der Waals surface area contributed by atoms with E-state index in [0.29, 0.717) is 33.8 Å². The zero-order chi connectivity index (χ0) is 21.5. The largest absolute Gasteiger partial charge is 0.387 e. The molecule has 1 saturated carbocycles. The second-order valence-corrected chi connectivity index (χ2v) is 8.53. The van der Waals surface area contributed by atoms with Gasteiger partial charge >= 0.3 is 0 Å². The number of nitrogens with one attached hydrogen (secondary N) is 2. The molecule has 1 aliphatic carbocycles. The fourth-order valence-electron chi connectivity index (χ4n) is 3.03. The molecule has 7 nitrogen and oxygen atoms in total. The van der Waals surface area contributed by atoms with Crippen molar-refractivity contribution in [3.05, 3.63) is 47.4 Å². The fraction of sp³-hybridized carbons (Fsp3) is 0.381. The highest BCUT2D eigenvalue weighted by molar-refractivity contribution is 6.31. The van der Waals surface area contributed by atoms with Crippen molar-refractivity contribution in [1.29, 1.82) is 0 Å². The summed E-state index contributed by atoms with van der Waals surface area (Å²) in [5, 5.41) is 17.0. The number of hydrogen-bond acceptors (Lipinski definition) is 5. The predicted molar refractivity (Wildman–Crippen MR) is 114 cm³/mol. The number of carbonyl (C=O) groups is 1. The van der Waals surface area contributed by atoms with Crippen LogP contribution in [0.15, 0.2) is 36.8 Å². The van der Waals surface area contributed by atoms with Crippen LogP contribution < -0.4 is 10.6 Å². The lowest BCUT2D eigenvalue weighted by Gasteiger charge is -2.22. The van der Waals surface area contributed by atoms with Crippen molar-refractivity contribution >= 4 is 34.2 Å². The maximum Gasteiger partial charge on any atom is 0.255 e. The van der Waals surface area contributed by atoms with E-state index in [9.17, 15) is 14.3 Å². The molecule has 3 heterocycles. The summed E-state index contributed by atoms with van der Waals surface area (Å²) >= 11 is 6.01. The Labute approximate surface area is 178 Å². The van der Waals surface area contributed by atoms with Gasteiger partial charge in [-0.3, -0.25) is 9.36 Å². The van der Waals surface area contributed by atoms with E-state index >= 15 is 0 Å². The summed E-state index contributed by atoms with van der Waals surface area (Å²) in [5.41, 5.74) is 0.109. The van der Waals surface area contributed by atoms with Crippen molar-refractivity contribution in [2.75, 3.05) is 11.9 Å². The Morgan fingerprint density at radius 1 is 1.37 bits per heavy atom. The maximum absolute atomic E-state index is 14.0. The third-order valence-electron chi connectivity index (χ3n) is 5.02. The molecular formula is C21H23ClFN5O2. The van der Waals surface area contributed by atoms with Crippen LogP contribution in [0.3, 0.4) is 0 Å². The van der Waals surface area contributed by atoms with Gasteiger partial charge in [0.15, 0.2) is 0 Å². The summed E-state index contributed by atoms with van der Waals surface area (Å²) in [6.45, 7) is 2.44. The van der Waals surface area contributed by atoms with E-state index in [0.717, 1.165) is 18.2 Å². The van der Waals surface area contributed by atoms with Crippen molar-refractivity contribution in [2.24, 2.45) is 0 Å². The van der Waals surface area contributed by atoms with Gasteiger partial charge < -0.3 is 15.7 Å². The molecule has 0 aliphatic heterocycles. The second kappa shape index (κ2) is 7.85. The first-order valence-electron chi connectivity index (χ1n) is 9.76. The lowest BCUT2D eigenvalue weighted by Crippen LogP contribution is -2.42. The van der Waals surface area contributed by atoms with Crippen LogP contribution in [0, 0.1) is 0 Å². The molecule has 0 saturated heterocycles. The van der Waals surface area contributed by atoms with Gasteiger partial charge in [-0.1, -0.05) is 11.6 Å². The van der Waals surface area contributed by atoms with E-state index in [2.05, 4.69) is 20.6 Å². The lowest BCUT2D eigenvalue weighted by atomic mass is 10.0. The summed E-state index contributed by atoms with van der Waals surface area (Å²) in [4.78, 5) is 21.5. The molecule has 0 bridgehead atoms. The Kier molecular flexibility index (Phi) is 5.38. The first-order chi connectivity index (χ1) is 14.2. The fourth-order valence-corrected chi connectivity index (χ4v) is 3.20. The van der Waals surface area contributed by atoms with E-state index < -0.39 is 17.7 Å². The summed E-state index contributed by atoms with van der Waals surface area (Å²) in [6, 6.07) is 5.80. The molecule has 30 heavy (non-hydrogen) atoms. The number of halogens is 2. The molecule has 3 aromatic heterocycles. The van der Waals surface area contributed by atoms with Gasteiger partial charge in [-0.25, -0.2) is 14.4 Å². The normalized spacial score (nSPS) is 15.2. The lowest BCUT2D eigenvalue weighted by molar-refractivity contribution is -0.00177. The average Bonchev–Trinajstić information content (AvgIpc) is 3.41. The Morgan fingerprint density at radius 2 is 2.13 bits per heavy atom. The zero-order valence-electron chi connectivity index (χ0n) is 16.7. The molecule has 0 spiro atoms. The topological polar surface area (TPSA) is 92.1 Å². The number of anilines is 1. The Bertz CT molecular complexity index is 1090. The van der Waals surface area contributed by atoms with Gasteiger partial charge in [-0.2, -0.15) is 0 Å². The number of alkyl halides is 1. The van der Waals surface area contributed by atoms with Crippen molar-refractivity contribution in [3.63, 3.8) is 0 Å². The average molecular weight is 432 g/mol. The molecule has 3 aromatic rings. The van der Waals surface area contributed by atoms with Gasteiger partial charge in [0.05, 0.1) is 28.4 Å². The van der Waals surface area contributed by atoms with E-state index in [4.69, 9.17) is 11.6 Å². The number of pyridine rings is 2. The molecule has 1 fully saturated rings. The molecular weight excluding hydrogens is 409 g/mol. The smallest absolute Gasteiger partial charge is 0.255 e. The molecule has 1 unspecified atom stereocenters. The van der Waals surface area contributed by atoms with E-state index in [1.807, 2.05) is 22.9 Å². The molecule has 1 aliphatic rings. The van der Waals surface area contributed by atoms with Crippen molar-refractivity contribution in [2.45, 2.75) is 44.5 Å². The van der Waals surface area contributed by atoms with Crippen LogP contribution in [0.1, 0.15) is 37.0 Å². The van der Waals surface area contributed by atoms with Gasteiger partial charge in [0, 0.05) is 36.1 Å². The number of rotatable bonds is 7. The highest BCUT2D eigenvalue weighted by atomic mass is 35.5. The van der Waals surface area contributed by atoms with Gasteiger partial charge in [0.25, 0.3) is 5.91 Å². The summed E-state index contributed by atoms with van der Waals surface area (Å²) in [6.07, 6.45) is 5.34. The minimum absolute atomic E-state index is 0.292. The summed E-state index contributed by atoms with van der Waals surface area (Å²) in [5.74, 6) is 0.144. The number of nitrogens with zero attached hydrogens (tertiary/aromatic N) is 3. The van der Waals surface area contributed by atoms with Crippen molar-refractivity contribution in [1.82, 2.24) is 19.9 Å². The molecule has 3 N–H and O–H groups in total. The molecule has 0 aromatic carbocycles. The van der Waals surface area contributed by atoms with Gasteiger partial charge in [0.1, 0.15) is 17.6 Å². The molecule has 1 atom stereocenters. The molecule has 0 radical (unpaired) electrons. The minimum Gasteiger partial charge on any atom is -0.387 e. The number of hydrogen-bond donors (Lipinski definition) is 3. The quantitative estimate of drug-likeness (QED) is 0.532. The number of amides is 1. The van der Waals surface area contributed by atoms with Crippen LogP contribution in [-0.2, 0) is 0 Å². The first-order valence-corrected chi connectivity index (χ1v) is 10.1. The van der Waals surface area contributed by atoms with Crippen LogP contribution >= 0.6 is 11.6 Å². The van der Waals surface area contributed by atoms with E-state index in [1.54, 1.807) is 12.3 Å². The van der Waals surface area contributed by atoms with E-state index in [-0.39, 0.29) is 6.54 Å².